The number of aromatic nitrogens is 1. The van der Waals surface area contributed by atoms with Crippen LogP contribution in [0.3, 0.4) is 0 Å². The first-order valence-corrected chi connectivity index (χ1v) is 14.1. The van der Waals surface area contributed by atoms with Crippen molar-refractivity contribution in [3.05, 3.63) is 62.3 Å². The average Bonchev–Trinajstić information content (AvgIpc) is 2.89. The number of carbonyl (C=O) groups excluding carboxylic acids is 2. The molecule has 8 nitrogen and oxygen atoms in total. The Morgan fingerprint density at radius 1 is 1.18 bits per heavy atom. The number of benzene rings is 1. The number of unbranched alkanes of at least 4 members (excludes halogenated alkanes) is 2. The molecule has 0 radical (unpaired) electrons. The van der Waals surface area contributed by atoms with Gasteiger partial charge in [-0.05, 0) is 37.7 Å². The van der Waals surface area contributed by atoms with Crippen LogP contribution in [0.25, 0.3) is 0 Å². The van der Waals surface area contributed by atoms with E-state index in [1.165, 1.54) is 18.3 Å². The van der Waals surface area contributed by atoms with Crippen molar-refractivity contribution in [2.75, 3.05) is 33.4 Å². The van der Waals surface area contributed by atoms with Gasteiger partial charge in [0.05, 0.1) is 17.2 Å². The highest BCUT2D eigenvalue weighted by molar-refractivity contribution is 6.30. The van der Waals surface area contributed by atoms with Crippen LogP contribution in [0.2, 0.25) is 5.02 Å². The summed E-state index contributed by atoms with van der Waals surface area (Å²) >= 11 is 5.87. The van der Waals surface area contributed by atoms with E-state index < -0.39 is 22.7 Å². The van der Waals surface area contributed by atoms with Crippen molar-refractivity contribution in [2.24, 2.45) is 5.92 Å². The quantitative estimate of drug-likeness (QED) is 0.378. The number of hydrogen-bond donors (Lipinski definition) is 1. The molecule has 0 unspecified atom stereocenters. The van der Waals surface area contributed by atoms with E-state index in [4.69, 9.17) is 21.1 Å². The molecule has 1 aliphatic heterocycles. The smallest absolute Gasteiger partial charge is 0.274 e. The number of halogens is 2. The molecule has 0 bridgehead atoms. The maximum atomic E-state index is 14.4. The van der Waals surface area contributed by atoms with E-state index in [1.807, 2.05) is 6.92 Å². The fraction of sp³-hybridized carbons (Fsp3) is 0.552. The standard InChI is InChI=1S/C29H37ClFN3O5/c1-4-6-11-38-17-19-13-29(14-19)18-33(3)28(37)24-26(39-12-7-5-2)25(35)21(16-34(24)29)27(36)32-15-20-9-8-10-22(30)23(20)31/h8-10,16,19H,4-7,11-15,17-18H2,1-3H3,(H,32,36)/t19-,29-. The number of amides is 2. The van der Waals surface area contributed by atoms with E-state index >= 15 is 0 Å². The number of pyridine rings is 1. The molecular formula is C29H37ClFN3O5. The second-order valence-corrected chi connectivity index (χ2v) is 11.0. The molecule has 39 heavy (non-hydrogen) atoms. The summed E-state index contributed by atoms with van der Waals surface area (Å²) in [5.41, 5.74) is -0.897. The summed E-state index contributed by atoms with van der Waals surface area (Å²) in [6.07, 6.45) is 6.58. The Morgan fingerprint density at radius 3 is 2.62 bits per heavy atom. The van der Waals surface area contributed by atoms with Gasteiger partial charge < -0.3 is 24.3 Å². The lowest BCUT2D eigenvalue weighted by molar-refractivity contribution is -0.0291. The van der Waals surface area contributed by atoms with Gasteiger partial charge in [-0.15, -0.1) is 0 Å². The fourth-order valence-electron chi connectivity index (χ4n) is 5.46. The van der Waals surface area contributed by atoms with Crippen LogP contribution in [0.1, 0.15) is 78.8 Å². The van der Waals surface area contributed by atoms with Gasteiger partial charge in [0.15, 0.2) is 11.4 Å². The van der Waals surface area contributed by atoms with Gasteiger partial charge in [0.2, 0.25) is 5.43 Å². The highest BCUT2D eigenvalue weighted by Gasteiger charge is 2.52. The van der Waals surface area contributed by atoms with Crippen LogP contribution in [0.15, 0.2) is 29.2 Å². The molecule has 2 heterocycles. The van der Waals surface area contributed by atoms with Crippen molar-refractivity contribution in [3.8, 4) is 5.75 Å². The van der Waals surface area contributed by atoms with Crippen molar-refractivity contribution in [2.45, 2.75) is 64.5 Å². The molecule has 0 saturated heterocycles. The molecule has 0 atom stereocenters. The lowest BCUT2D eigenvalue weighted by Gasteiger charge is -2.54. The van der Waals surface area contributed by atoms with E-state index in [1.54, 1.807) is 22.6 Å². The third-order valence-electron chi connectivity index (χ3n) is 7.55. The zero-order chi connectivity index (χ0) is 28.2. The van der Waals surface area contributed by atoms with Crippen molar-refractivity contribution < 1.29 is 23.5 Å². The van der Waals surface area contributed by atoms with Crippen LogP contribution < -0.4 is 15.5 Å². The Kier molecular flexibility index (Phi) is 9.33. The lowest BCUT2D eigenvalue weighted by Crippen LogP contribution is -2.60. The molecule has 1 aromatic carbocycles. The van der Waals surface area contributed by atoms with Gasteiger partial charge in [-0.2, -0.15) is 0 Å². The van der Waals surface area contributed by atoms with Crippen molar-refractivity contribution in [1.29, 1.82) is 0 Å². The minimum atomic E-state index is -0.671. The number of carbonyl (C=O) groups is 2. The first kappa shape index (κ1) is 29.1. The second-order valence-electron chi connectivity index (χ2n) is 10.6. The summed E-state index contributed by atoms with van der Waals surface area (Å²) in [6, 6.07) is 4.53. The van der Waals surface area contributed by atoms with Gasteiger partial charge in [0.1, 0.15) is 11.4 Å². The molecule has 1 saturated carbocycles. The average molecular weight is 562 g/mol. The predicted molar refractivity (Wildman–Crippen MR) is 147 cm³/mol. The Hall–Kier alpha value is -2.91. The Labute approximate surface area is 233 Å². The number of nitrogens with one attached hydrogen (secondary N) is 1. The predicted octanol–water partition coefficient (Wildman–Crippen LogP) is 4.76. The molecule has 1 aromatic heterocycles. The summed E-state index contributed by atoms with van der Waals surface area (Å²) in [7, 11) is 1.72. The molecule has 2 amide bonds. The third-order valence-corrected chi connectivity index (χ3v) is 7.84. The Balaban J connectivity index is 1.67. The van der Waals surface area contributed by atoms with Crippen LogP contribution in [-0.2, 0) is 16.8 Å². The minimum Gasteiger partial charge on any atom is -0.487 e. The van der Waals surface area contributed by atoms with E-state index in [0.29, 0.717) is 32.1 Å². The third kappa shape index (κ3) is 5.99. The number of likely N-dealkylation sites (N-methyl/N-ethyl adjacent to an activating group) is 1. The van der Waals surface area contributed by atoms with Gasteiger partial charge in [-0.1, -0.05) is 50.4 Å². The summed E-state index contributed by atoms with van der Waals surface area (Å²) in [5.74, 6) is -1.42. The topological polar surface area (TPSA) is 89.9 Å². The SMILES string of the molecule is CCCCOC[C@H]1C[C@@]2(CN(C)C(=O)c3c(OCCCC)c(=O)c(C(=O)NCc4cccc(Cl)c4F)cn32)C1. The first-order valence-electron chi connectivity index (χ1n) is 13.7. The maximum Gasteiger partial charge on any atom is 0.274 e. The first-order chi connectivity index (χ1) is 18.7. The van der Waals surface area contributed by atoms with Crippen LogP contribution in [-0.4, -0.2) is 54.7 Å². The summed E-state index contributed by atoms with van der Waals surface area (Å²) < 4.78 is 27.9. The molecule has 4 rings (SSSR count). The summed E-state index contributed by atoms with van der Waals surface area (Å²) in [4.78, 5) is 41.8. The van der Waals surface area contributed by atoms with Crippen molar-refractivity contribution in [1.82, 2.24) is 14.8 Å². The molecule has 2 aromatic rings. The zero-order valence-electron chi connectivity index (χ0n) is 22.9. The van der Waals surface area contributed by atoms with E-state index in [0.717, 1.165) is 32.1 Å². The minimum absolute atomic E-state index is 0.0509. The van der Waals surface area contributed by atoms with Gasteiger partial charge in [0.25, 0.3) is 11.8 Å². The van der Waals surface area contributed by atoms with Gasteiger partial charge >= 0.3 is 0 Å². The van der Waals surface area contributed by atoms with Gasteiger partial charge in [0, 0.05) is 45.1 Å². The number of hydrogen-bond acceptors (Lipinski definition) is 5. The summed E-state index contributed by atoms with van der Waals surface area (Å²) in [6.45, 7) is 6.01. The molecule has 212 valence electrons. The van der Waals surface area contributed by atoms with E-state index in [-0.39, 0.29) is 46.7 Å². The fourth-order valence-corrected chi connectivity index (χ4v) is 5.66. The van der Waals surface area contributed by atoms with Crippen LogP contribution in [0, 0.1) is 11.7 Å². The highest BCUT2D eigenvalue weighted by Crippen LogP contribution is 2.48. The molecule has 1 N–H and O–H groups in total. The van der Waals surface area contributed by atoms with Gasteiger partial charge in [-0.3, -0.25) is 14.4 Å². The number of fused-ring (bicyclic) bond motifs is 2. The molecule has 1 aliphatic carbocycles. The zero-order valence-corrected chi connectivity index (χ0v) is 23.6. The van der Waals surface area contributed by atoms with Crippen molar-refractivity contribution >= 4 is 23.4 Å². The molecule has 10 heteroatoms. The van der Waals surface area contributed by atoms with E-state index in [9.17, 15) is 18.8 Å². The highest BCUT2D eigenvalue weighted by atomic mass is 35.5. The molecular weight excluding hydrogens is 525 g/mol. The Bertz CT molecular complexity index is 1270. The number of rotatable bonds is 12. The molecule has 1 fully saturated rings. The van der Waals surface area contributed by atoms with Crippen LogP contribution in [0.5, 0.6) is 5.75 Å². The second kappa shape index (κ2) is 12.5. The molecule has 1 spiro atoms. The Morgan fingerprint density at radius 2 is 1.90 bits per heavy atom. The lowest BCUT2D eigenvalue weighted by atomic mass is 9.67. The van der Waals surface area contributed by atoms with Crippen LogP contribution in [0.4, 0.5) is 4.39 Å². The maximum absolute atomic E-state index is 14.4. The van der Waals surface area contributed by atoms with Gasteiger partial charge in [-0.25, -0.2) is 4.39 Å². The largest absolute Gasteiger partial charge is 0.487 e. The van der Waals surface area contributed by atoms with Crippen molar-refractivity contribution in [3.63, 3.8) is 0 Å². The monoisotopic (exact) mass is 561 g/mol. The normalized spacial score (nSPS) is 20.1. The number of ether oxygens (including phenoxy) is 2. The number of nitrogens with zero attached hydrogens (tertiary/aromatic N) is 2. The molecule has 2 aliphatic rings. The van der Waals surface area contributed by atoms with Crippen LogP contribution >= 0.6 is 11.6 Å². The van der Waals surface area contributed by atoms with E-state index in [2.05, 4.69) is 12.2 Å². The summed E-state index contributed by atoms with van der Waals surface area (Å²) in [5, 5.41) is 2.58.